The first-order valence-electron chi connectivity index (χ1n) is 23.5. The highest BCUT2D eigenvalue weighted by atomic mass is 16.6. The SMILES string of the molecule is CC\C=C/C=C\C=C/C=C\C=C/CCCC(=O)OC(COC(=O)CCCCCCC\C=C/C=C\C=C/C=C\C=C/CCC)COC(=O)CCCCCCC/C=C\C/C=C\CC. The summed E-state index contributed by atoms with van der Waals surface area (Å²) >= 11 is 0. The van der Waals surface area contributed by atoms with Crippen molar-refractivity contribution in [1.29, 1.82) is 0 Å². The molecule has 1 atom stereocenters. The molecule has 0 spiro atoms. The average molecular weight is 839 g/mol. The van der Waals surface area contributed by atoms with E-state index in [-0.39, 0.29) is 31.6 Å². The van der Waals surface area contributed by atoms with E-state index in [1.807, 2.05) is 91.1 Å². The maximum Gasteiger partial charge on any atom is 0.306 e. The van der Waals surface area contributed by atoms with Gasteiger partial charge in [0.05, 0.1) is 0 Å². The molecule has 0 rings (SSSR count). The largest absolute Gasteiger partial charge is 0.462 e. The molecule has 0 N–H and O–H groups in total. The van der Waals surface area contributed by atoms with Crippen molar-refractivity contribution < 1.29 is 28.6 Å². The van der Waals surface area contributed by atoms with E-state index in [0.717, 1.165) is 103 Å². The fraction of sp³-hybridized carbons (Fsp3) is 0.509. The van der Waals surface area contributed by atoms with Crippen LogP contribution in [0.1, 0.15) is 162 Å². The molecule has 0 aromatic rings. The molecule has 1 unspecified atom stereocenters. The van der Waals surface area contributed by atoms with Gasteiger partial charge in [-0.05, 0) is 77.0 Å². The molecule has 0 aliphatic rings. The molecule has 0 fully saturated rings. The third-order valence-electron chi connectivity index (χ3n) is 9.05. The van der Waals surface area contributed by atoms with Crippen molar-refractivity contribution in [2.45, 2.75) is 168 Å². The first kappa shape index (κ1) is 56.3. The van der Waals surface area contributed by atoms with Gasteiger partial charge in [0, 0.05) is 19.3 Å². The number of rotatable bonds is 39. The van der Waals surface area contributed by atoms with Crippen LogP contribution < -0.4 is 0 Å². The Morgan fingerprint density at radius 1 is 0.361 bits per heavy atom. The molecule has 338 valence electrons. The highest BCUT2D eigenvalue weighted by Gasteiger charge is 2.19. The first-order valence-corrected chi connectivity index (χ1v) is 23.5. The van der Waals surface area contributed by atoms with Crippen LogP contribution >= 0.6 is 0 Å². The Morgan fingerprint density at radius 3 is 1.23 bits per heavy atom. The second kappa shape index (κ2) is 48.0. The zero-order chi connectivity index (χ0) is 44.4. The minimum atomic E-state index is -0.837. The van der Waals surface area contributed by atoms with Crippen molar-refractivity contribution in [1.82, 2.24) is 0 Å². The van der Waals surface area contributed by atoms with E-state index in [4.69, 9.17) is 14.2 Å². The average Bonchev–Trinajstić information content (AvgIpc) is 3.26. The molecular formula is C55H82O6. The monoisotopic (exact) mass is 839 g/mol. The van der Waals surface area contributed by atoms with Crippen LogP contribution in [0.5, 0.6) is 0 Å². The van der Waals surface area contributed by atoms with Gasteiger partial charge in [-0.2, -0.15) is 0 Å². The molecule has 0 saturated heterocycles. The lowest BCUT2D eigenvalue weighted by Gasteiger charge is -2.18. The van der Waals surface area contributed by atoms with Gasteiger partial charge in [0.2, 0.25) is 0 Å². The van der Waals surface area contributed by atoms with Gasteiger partial charge in [0.15, 0.2) is 6.10 Å². The van der Waals surface area contributed by atoms with Gasteiger partial charge in [-0.15, -0.1) is 0 Å². The van der Waals surface area contributed by atoms with E-state index >= 15 is 0 Å². The van der Waals surface area contributed by atoms with E-state index < -0.39 is 12.1 Å². The van der Waals surface area contributed by atoms with Crippen LogP contribution in [0.4, 0.5) is 0 Å². The number of allylic oxidation sites excluding steroid dienone is 24. The third kappa shape index (κ3) is 46.2. The molecule has 0 bridgehead atoms. The van der Waals surface area contributed by atoms with Gasteiger partial charge >= 0.3 is 17.9 Å². The summed E-state index contributed by atoms with van der Waals surface area (Å²) < 4.78 is 16.6. The van der Waals surface area contributed by atoms with Gasteiger partial charge < -0.3 is 14.2 Å². The lowest BCUT2D eigenvalue weighted by Crippen LogP contribution is -2.30. The van der Waals surface area contributed by atoms with E-state index in [1.165, 1.54) is 6.42 Å². The summed E-state index contributed by atoms with van der Waals surface area (Å²) in [5.74, 6) is -1.06. The second-order valence-electron chi connectivity index (χ2n) is 14.8. The van der Waals surface area contributed by atoms with E-state index in [1.54, 1.807) is 0 Å². The van der Waals surface area contributed by atoms with Crippen LogP contribution in [0.3, 0.4) is 0 Å². The maximum atomic E-state index is 12.7. The Morgan fingerprint density at radius 2 is 0.738 bits per heavy atom. The molecule has 0 heterocycles. The fourth-order valence-electron chi connectivity index (χ4n) is 5.60. The van der Waals surface area contributed by atoms with E-state index in [0.29, 0.717) is 25.7 Å². The topological polar surface area (TPSA) is 78.9 Å². The van der Waals surface area contributed by atoms with Crippen LogP contribution in [0, 0.1) is 0 Å². The molecule has 6 nitrogen and oxygen atoms in total. The summed E-state index contributed by atoms with van der Waals surface area (Å²) in [5.41, 5.74) is 0. The molecule has 0 amide bonds. The predicted octanol–water partition coefficient (Wildman–Crippen LogP) is 15.3. The smallest absolute Gasteiger partial charge is 0.306 e. The number of esters is 3. The maximum absolute atomic E-state index is 12.7. The second-order valence-corrected chi connectivity index (χ2v) is 14.8. The third-order valence-corrected chi connectivity index (χ3v) is 9.05. The number of carbonyl (C=O) groups excluding carboxylic acids is 3. The Kier molecular flexibility index (Phi) is 44.3. The van der Waals surface area contributed by atoms with Crippen molar-refractivity contribution in [3.05, 3.63) is 146 Å². The highest BCUT2D eigenvalue weighted by molar-refractivity contribution is 5.71. The van der Waals surface area contributed by atoms with E-state index in [2.05, 4.69) is 75.5 Å². The molecule has 0 aliphatic heterocycles. The van der Waals surface area contributed by atoms with Crippen molar-refractivity contribution >= 4 is 17.9 Å². The zero-order valence-corrected chi connectivity index (χ0v) is 38.4. The van der Waals surface area contributed by atoms with Crippen LogP contribution in [-0.4, -0.2) is 37.2 Å². The molecule has 0 aliphatic carbocycles. The summed E-state index contributed by atoms with van der Waals surface area (Å²) in [6, 6.07) is 0. The molecule has 0 aromatic carbocycles. The van der Waals surface area contributed by atoms with Gasteiger partial charge in [-0.3, -0.25) is 14.4 Å². The zero-order valence-electron chi connectivity index (χ0n) is 38.4. The molecule has 6 heteroatoms. The minimum absolute atomic E-state index is 0.130. The predicted molar refractivity (Wildman–Crippen MR) is 260 cm³/mol. The Hall–Kier alpha value is -4.71. The number of hydrogen-bond acceptors (Lipinski definition) is 6. The number of unbranched alkanes of at least 4 members (excludes halogenated alkanes) is 12. The Labute approximate surface area is 372 Å². The normalized spacial score (nSPS) is 13.4. The minimum Gasteiger partial charge on any atom is -0.462 e. The van der Waals surface area contributed by atoms with Crippen molar-refractivity contribution in [2.24, 2.45) is 0 Å². The number of ether oxygens (including phenoxy) is 3. The molecule has 0 saturated carbocycles. The van der Waals surface area contributed by atoms with Crippen LogP contribution in [-0.2, 0) is 28.6 Å². The number of carbonyl (C=O) groups is 3. The lowest BCUT2D eigenvalue weighted by atomic mass is 10.1. The summed E-state index contributed by atoms with van der Waals surface area (Å²) in [4.78, 5) is 37.8. The quantitative estimate of drug-likeness (QED) is 0.0202. The summed E-state index contributed by atoms with van der Waals surface area (Å²) in [7, 11) is 0. The lowest BCUT2D eigenvalue weighted by molar-refractivity contribution is -0.167. The van der Waals surface area contributed by atoms with Crippen LogP contribution in [0.2, 0.25) is 0 Å². The van der Waals surface area contributed by atoms with Gasteiger partial charge in [0.25, 0.3) is 0 Å². The van der Waals surface area contributed by atoms with Crippen LogP contribution in [0.15, 0.2) is 146 Å². The summed E-state index contributed by atoms with van der Waals surface area (Å²) in [6.45, 7) is 6.15. The van der Waals surface area contributed by atoms with Crippen LogP contribution in [0.25, 0.3) is 0 Å². The summed E-state index contributed by atoms with van der Waals surface area (Å²) in [5, 5.41) is 0. The molecule has 0 aromatic heterocycles. The Bertz CT molecular complexity index is 1430. The van der Waals surface area contributed by atoms with Crippen molar-refractivity contribution in [2.75, 3.05) is 13.2 Å². The standard InChI is InChI=1S/C55H82O6/c1-4-7-10-13-16-19-22-25-26-27-28-29-31-33-36-39-42-45-48-54(57)60-51-52(50-59-53(56)47-44-41-38-35-32-24-21-18-15-12-9-6-3)61-55(58)49-46-43-40-37-34-30-23-20-17-14-11-8-5-2/h8-14,16-23,25-30,34,37,40,52H,4-7,15,24,31-33,35-36,38-39,41-51H2,1-3H3/b11-8-,12-9-,13-10-,17-14-,19-16-,21-18-,23-20-,25-22-,27-26-,29-28-,34-30-,40-37-. The first-order chi connectivity index (χ1) is 30.0. The molecule has 0 radical (unpaired) electrons. The van der Waals surface area contributed by atoms with Gasteiger partial charge in [-0.1, -0.05) is 212 Å². The highest BCUT2D eigenvalue weighted by Crippen LogP contribution is 2.11. The fourth-order valence-corrected chi connectivity index (χ4v) is 5.60. The van der Waals surface area contributed by atoms with Crippen molar-refractivity contribution in [3.8, 4) is 0 Å². The molecule has 61 heavy (non-hydrogen) atoms. The summed E-state index contributed by atoms with van der Waals surface area (Å²) in [6.07, 6.45) is 68.3. The van der Waals surface area contributed by atoms with E-state index in [9.17, 15) is 14.4 Å². The molecular weight excluding hydrogens is 757 g/mol. The number of hydrogen-bond donors (Lipinski definition) is 0. The van der Waals surface area contributed by atoms with Gasteiger partial charge in [0.1, 0.15) is 13.2 Å². The van der Waals surface area contributed by atoms with Gasteiger partial charge in [-0.25, -0.2) is 0 Å². The van der Waals surface area contributed by atoms with Crippen molar-refractivity contribution in [3.63, 3.8) is 0 Å². The Balaban J connectivity index is 4.59.